The molecule has 0 atom stereocenters. The second-order valence-corrected chi connectivity index (χ2v) is 7.92. The molecule has 0 radical (unpaired) electrons. The smallest absolute Gasteiger partial charge is 0.294 e. The van der Waals surface area contributed by atoms with Crippen LogP contribution in [0.2, 0.25) is 0 Å². The van der Waals surface area contributed by atoms with Gasteiger partial charge in [-0.3, -0.25) is 19.3 Å². The lowest BCUT2D eigenvalue weighted by Gasteiger charge is -2.12. The Balaban J connectivity index is 1.68. The Kier molecular flexibility index (Phi) is 6.21. The van der Waals surface area contributed by atoms with E-state index >= 15 is 0 Å². The lowest BCUT2D eigenvalue weighted by molar-refractivity contribution is -0.127. The fraction of sp³-hybridized carbons (Fsp3) is 0.150. The largest absolute Gasteiger partial charge is 0.507 e. The van der Waals surface area contributed by atoms with Crippen LogP contribution in [0.5, 0.6) is 5.75 Å². The van der Waals surface area contributed by atoms with Crippen molar-refractivity contribution in [1.29, 1.82) is 0 Å². The van der Waals surface area contributed by atoms with Gasteiger partial charge in [-0.15, -0.1) is 0 Å². The fourth-order valence-corrected chi connectivity index (χ4v) is 3.80. The van der Waals surface area contributed by atoms with E-state index in [1.165, 1.54) is 6.07 Å². The Morgan fingerprint density at radius 3 is 2.57 bits per heavy atom. The molecular formula is C20H17BrN2O4S. The molecule has 3 amide bonds. The maximum atomic E-state index is 12.5. The number of imide groups is 1. The van der Waals surface area contributed by atoms with Crippen LogP contribution in [0.3, 0.4) is 0 Å². The number of rotatable bonds is 5. The first-order chi connectivity index (χ1) is 13.4. The fourth-order valence-electron chi connectivity index (χ4n) is 2.57. The number of nitrogens with zero attached hydrogens (tertiary/aromatic N) is 1. The third kappa shape index (κ3) is 4.63. The number of nitrogens with one attached hydrogen (secondary N) is 1. The molecule has 144 valence electrons. The van der Waals surface area contributed by atoms with Crippen molar-refractivity contribution in [2.75, 3.05) is 11.9 Å². The quantitative estimate of drug-likeness (QED) is 0.645. The van der Waals surface area contributed by atoms with Gasteiger partial charge in [0.1, 0.15) is 12.3 Å². The van der Waals surface area contributed by atoms with Gasteiger partial charge in [-0.1, -0.05) is 25.1 Å². The van der Waals surface area contributed by atoms with E-state index in [0.717, 1.165) is 28.6 Å². The van der Waals surface area contributed by atoms with Crippen molar-refractivity contribution in [1.82, 2.24) is 4.90 Å². The molecule has 1 fully saturated rings. The normalized spacial score (nSPS) is 15.4. The highest BCUT2D eigenvalue weighted by Crippen LogP contribution is 2.33. The third-order valence-electron chi connectivity index (χ3n) is 4.09. The molecule has 0 unspecified atom stereocenters. The predicted molar refractivity (Wildman–Crippen MR) is 113 cm³/mol. The summed E-state index contributed by atoms with van der Waals surface area (Å²) >= 11 is 3.99. The number of anilines is 1. The van der Waals surface area contributed by atoms with Gasteiger partial charge in [-0.25, -0.2) is 0 Å². The number of benzene rings is 2. The number of aryl methyl sites for hydroxylation is 1. The van der Waals surface area contributed by atoms with Crippen molar-refractivity contribution in [3.05, 3.63) is 63.0 Å². The highest BCUT2D eigenvalue weighted by Gasteiger charge is 2.36. The van der Waals surface area contributed by atoms with Gasteiger partial charge in [0.15, 0.2) is 0 Å². The first-order valence-electron chi connectivity index (χ1n) is 8.50. The average Bonchev–Trinajstić information content (AvgIpc) is 2.92. The molecule has 1 heterocycles. The molecule has 1 aliphatic heterocycles. The second-order valence-electron chi connectivity index (χ2n) is 6.08. The highest BCUT2D eigenvalue weighted by molar-refractivity contribution is 9.10. The minimum atomic E-state index is -0.518. The maximum Gasteiger partial charge on any atom is 0.294 e. The number of phenols is 1. The third-order valence-corrected chi connectivity index (χ3v) is 5.63. The zero-order valence-electron chi connectivity index (χ0n) is 14.9. The first-order valence-corrected chi connectivity index (χ1v) is 10.1. The molecule has 8 heteroatoms. The van der Waals surface area contributed by atoms with Gasteiger partial charge in [0, 0.05) is 5.69 Å². The number of hydrogen-bond donors (Lipinski definition) is 2. The van der Waals surface area contributed by atoms with E-state index in [1.807, 2.05) is 19.1 Å². The Hall–Kier alpha value is -2.58. The molecule has 0 aliphatic carbocycles. The van der Waals surface area contributed by atoms with Gasteiger partial charge < -0.3 is 10.4 Å². The SMILES string of the molecule is CCc1ccc(NC(=O)CN2C(=O)S/C(=C/c3ccc(O)c(Br)c3)C2=O)cc1. The van der Waals surface area contributed by atoms with E-state index in [1.54, 1.807) is 30.3 Å². The second kappa shape index (κ2) is 8.62. The van der Waals surface area contributed by atoms with Crippen molar-refractivity contribution < 1.29 is 19.5 Å². The van der Waals surface area contributed by atoms with Crippen molar-refractivity contribution in [3.63, 3.8) is 0 Å². The summed E-state index contributed by atoms with van der Waals surface area (Å²) in [4.78, 5) is 38.1. The van der Waals surface area contributed by atoms with Crippen LogP contribution >= 0.6 is 27.7 Å². The molecule has 2 aromatic carbocycles. The van der Waals surface area contributed by atoms with Gasteiger partial charge in [-0.05, 0) is 75.6 Å². The zero-order chi connectivity index (χ0) is 20.3. The summed E-state index contributed by atoms with van der Waals surface area (Å²) in [6.45, 7) is 1.69. The van der Waals surface area contributed by atoms with Crippen LogP contribution in [-0.2, 0) is 16.0 Å². The van der Waals surface area contributed by atoms with Crippen molar-refractivity contribution in [2.45, 2.75) is 13.3 Å². The molecule has 2 aromatic rings. The summed E-state index contributed by atoms with van der Waals surface area (Å²) in [7, 11) is 0. The number of thioether (sulfide) groups is 1. The average molecular weight is 461 g/mol. The Morgan fingerprint density at radius 1 is 1.21 bits per heavy atom. The number of aromatic hydroxyl groups is 1. The molecule has 1 aliphatic rings. The van der Waals surface area contributed by atoms with Gasteiger partial charge in [0.25, 0.3) is 11.1 Å². The van der Waals surface area contributed by atoms with E-state index in [9.17, 15) is 19.5 Å². The van der Waals surface area contributed by atoms with Crippen LogP contribution in [0, 0.1) is 0 Å². The molecule has 0 saturated carbocycles. The summed E-state index contributed by atoms with van der Waals surface area (Å²) in [5.74, 6) is -0.884. The van der Waals surface area contributed by atoms with E-state index in [0.29, 0.717) is 15.7 Å². The van der Waals surface area contributed by atoms with E-state index in [2.05, 4.69) is 21.2 Å². The van der Waals surface area contributed by atoms with E-state index < -0.39 is 17.1 Å². The van der Waals surface area contributed by atoms with Crippen molar-refractivity contribution in [3.8, 4) is 5.75 Å². The summed E-state index contributed by atoms with van der Waals surface area (Å²) < 4.78 is 0.481. The number of amides is 3. The number of hydrogen-bond acceptors (Lipinski definition) is 5. The molecule has 0 bridgehead atoms. The first kappa shape index (κ1) is 20.2. The molecular weight excluding hydrogens is 444 g/mol. The Bertz CT molecular complexity index is 973. The Morgan fingerprint density at radius 2 is 1.93 bits per heavy atom. The van der Waals surface area contributed by atoms with Gasteiger partial charge in [0.05, 0.1) is 9.38 Å². The molecule has 0 spiro atoms. The van der Waals surface area contributed by atoms with Crippen LogP contribution in [0.4, 0.5) is 10.5 Å². The standard InChI is InChI=1S/C20H17BrN2O4S/c1-2-12-3-6-14(7-4-12)22-18(25)11-23-19(26)17(28-20(23)27)10-13-5-8-16(24)15(21)9-13/h3-10,24H,2,11H2,1H3,(H,22,25)/b17-10+. The van der Waals surface area contributed by atoms with Crippen LogP contribution in [-0.4, -0.2) is 33.6 Å². The van der Waals surface area contributed by atoms with Crippen LogP contribution < -0.4 is 5.32 Å². The molecule has 1 saturated heterocycles. The molecule has 6 nitrogen and oxygen atoms in total. The maximum absolute atomic E-state index is 12.5. The van der Waals surface area contributed by atoms with Crippen LogP contribution in [0.15, 0.2) is 51.8 Å². The molecule has 2 N–H and O–H groups in total. The monoisotopic (exact) mass is 460 g/mol. The number of phenolic OH excluding ortho intramolecular Hbond substituents is 1. The summed E-state index contributed by atoms with van der Waals surface area (Å²) in [5, 5.41) is 11.7. The topological polar surface area (TPSA) is 86.7 Å². The number of carbonyl (C=O) groups excluding carboxylic acids is 3. The summed E-state index contributed by atoms with van der Waals surface area (Å²) in [6.07, 6.45) is 2.45. The molecule has 28 heavy (non-hydrogen) atoms. The lowest BCUT2D eigenvalue weighted by atomic mass is 10.1. The van der Waals surface area contributed by atoms with Gasteiger partial charge in [-0.2, -0.15) is 0 Å². The predicted octanol–water partition coefficient (Wildman–Crippen LogP) is 4.39. The minimum absolute atomic E-state index is 0.0777. The minimum Gasteiger partial charge on any atom is -0.507 e. The van der Waals surface area contributed by atoms with Gasteiger partial charge >= 0.3 is 0 Å². The van der Waals surface area contributed by atoms with Gasteiger partial charge in [0.2, 0.25) is 5.91 Å². The molecule has 3 rings (SSSR count). The van der Waals surface area contributed by atoms with E-state index in [-0.39, 0.29) is 17.2 Å². The zero-order valence-corrected chi connectivity index (χ0v) is 17.3. The highest BCUT2D eigenvalue weighted by atomic mass is 79.9. The number of halogens is 1. The van der Waals surface area contributed by atoms with Crippen molar-refractivity contribution >= 4 is 56.5 Å². The number of carbonyl (C=O) groups is 3. The molecule has 0 aromatic heterocycles. The lowest BCUT2D eigenvalue weighted by Crippen LogP contribution is -2.36. The summed E-state index contributed by atoms with van der Waals surface area (Å²) in [6, 6.07) is 12.1. The van der Waals surface area contributed by atoms with Crippen LogP contribution in [0.25, 0.3) is 6.08 Å². The van der Waals surface area contributed by atoms with Crippen LogP contribution in [0.1, 0.15) is 18.1 Å². The Labute approximate surface area is 174 Å². The summed E-state index contributed by atoms with van der Waals surface area (Å²) in [5.41, 5.74) is 2.41. The van der Waals surface area contributed by atoms with E-state index in [4.69, 9.17) is 0 Å². The van der Waals surface area contributed by atoms with Crippen molar-refractivity contribution in [2.24, 2.45) is 0 Å².